The molecule has 0 radical (unpaired) electrons. The van der Waals surface area contributed by atoms with E-state index in [9.17, 15) is 0 Å². The Kier molecular flexibility index (Phi) is 6.22. The third-order valence-corrected chi connectivity index (χ3v) is 3.60. The van der Waals surface area contributed by atoms with Gasteiger partial charge in [0.15, 0.2) is 0 Å². The van der Waals surface area contributed by atoms with Gasteiger partial charge in [0.1, 0.15) is 0 Å². The predicted molar refractivity (Wildman–Crippen MR) is 76.9 cm³/mol. The Hall–Kier alpha value is -0.210. The van der Waals surface area contributed by atoms with E-state index >= 15 is 0 Å². The van der Waals surface area contributed by atoms with Gasteiger partial charge in [-0.15, -0.1) is 0 Å². The molecule has 16 heavy (non-hydrogen) atoms. The van der Waals surface area contributed by atoms with Crippen LogP contribution in [-0.4, -0.2) is 13.6 Å². The van der Waals surface area contributed by atoms with Crippen LogP contribution in [-0.2, 0) is 5.33 Å². The molecule has 1 nitrogen and oxygen atoms in total. The van der Waals surface area contributed by atoms with Gasteiger partial charge in [0.2, 0.25) is 0 Å². The fourth-order valence-corrected chi connectivity index (χ4v) is 2.60. The first-order valence-electron chi connectivity index (χ1n) is 5.75. The molecule has 1 aromatic carbocycles. The lowest BCUT2D eigenvalue weighted by molar-refractivity contribution is 0.704. The largest absolute Gasteiger partial charge is 0.373 e. The quantitative estimate of drug-likeness (QED) is 0.536. The summed E-state index contributed by atoms with van der Waals surface area (Å²) in [6, 6.07) is 6.08. The van der Waals surface area contributed by atoms with Crippen LogP contribution in [0.25, 0.3) is 0 Å². The van der Waals surface area contributed by atoms with E-state index in [0.29, 0.717) is 0 Å². The van der Waals surface area contributed by atoms with Crippen molar-refractivity contribution in [1.29, 1.82) is 0 Å². The van der Waals surface area contributed by atoms with E-state index in [2.05, 4.69) is 40.9 Å². The van der Waals surface area contributed by atoms with Crippen molar-refractivity contribution in [2.45, 2.75) is 31.5 Å². The smallest absolute Gasteiger partial charge is 0.0642 e. The van der Waals surface area contributed by atoms with Gasteiger partial charge in [-0.3, -0.25) is 0 Å². The van der Waals surface area contributed by atoms with Crippen molar-refractivity contribution in [2.75, 3.05) is 18.5 Å². The van der Waals surface area contributed by atoms with Crippen LogP contribution in [0, 0.1) is 0 Å². The maximum absolute atomic E-state index is 6.25. The number of unbranched alkanes of at least 4 members (excludes halogenated alkanes) is 2. The van der Waals surface area contributed by atoms with Crippen LogP contribution in [0.15, 0.2) is 18.2 Å². The highest BCUT2D eigenvalue weighted by atomic mass is 79.9. The number of rotatable bonds is 6. The van der Waals surface area contributed by atoms with E-state index in [1.807, 2.05) is 12.1 Å². The third kappa shape index (κ3) is 3.67. The van der Waals surface area contributed by atoms with Crippen molar-refractivity contribution in [1.82, 2.24) is 0 Å². The lowest BCUT2D eigenvalue weighted by atomic mass is 10.1. The fraction of sp³-hybridized carbons (Fsp3) is 0.538. The summed E-state index contributed by atoms with van der Waals surface area (Å²) in [6.07, 6.45) is 3.75. The SMILES string of the molecule is CCCCCN(C)c1c(Cl)cccc1CBr. The molecule has 0 heterocycles. The summed E-state index contributed by atoms with van der Waals surface area (Å²) in [5.74, 6) is 0. The van der Waals surface area contributed by atoms with Crippen molar-refractivity contribution in [3.63, 3.8) is 0 Å². The molecule has 0 amide bonds. The molecule has 0 aromatic heterocycles. The normalized spacial score (nSPS) is 10.5. The van der Waals surface area contributed by atoms with Gasteiger partial charge in [-0.2, -0.15) is 0 Å². The molecule has 0 saturated carbocycles. The van der Waals surface area contributed by atoms with Crippen LogP contribution in [0.1, 0.15) is 31.7 Å². The molecule has 0 unspecified atom stereocenters. The molecule has 0 aliphatic heterocycles. The van der Waals surface area contributed by atoms with Crippen LogP contribution in [0.3, 0.4) is 0 Å². The molecule has 3 heteroatoms. The summed E-state index contributed by atoms with van der Waals surface area (Å²) < 4.78 is 0. The Balaban J connectivity index is 2.76. The standard InChI is InChI=1S/C13H19BrClN/c1-3-4-5-9-16(2)13-11(10-14)7-6-8-12(13)15/h6-8H,3-5,9-10H2,1-2H3. The monoisotopic (exact) mass is 303 g/mol. The van der Waals surface area contributed by atoms with Gasteiger partial charge in [-0.25, -0.2) is 0 Å². The van der Waals surface area contributed by atoms with Crippen LogP contribution in [0.4, 0.5) is 5.69 Å². The Bertz CT molecular complexity index is 328. The Morgan fingerprint density at radius 3 is 2.69 bits per heavy atom. The summed E-state index contributed by atoms with van der Waals surface area (Å²) in [5.41, 5.74) is 2.42. The molecule has 0 atom stereocenters. The average molecular weight is 305 g/mol. The third-order valence-electron chi connectivity index (χ3n) is 2.69. The van der Waals surface area contributed by atoms with E-state index in [0.717, 1.165) is 22.6 Å². The number of nitrogens with zero attached hydrogens (tertiary/aromatic N) is 1. The summed E-state index contributed by atoms with van der Waals surface area (Å²) in [6.45, 7) is 3.29. The highest BCUT2D eigenvalue weighted by molar-refractivity contribution is 9.08. The zero-order chi connectivity index (χ0) is 12.0. The number of benzene rings is 1. The number of anilines is 1. The zero-order valence-electron chi connectivity index (χ0n) is 9.97. The van der Waals surface area contributed by atoms with Gasteiger partial charge < -0.3 is 4.90 Å². The molecule has 0 aliphatic rings. The number of alkyl halides is 1. The topological polar surface area (TPSA) is 3.24 Å². The van der Waals surface area contributed by atoms with Gasteiger partial charge >= 0.3 is 0 Å². The highest BCUT2D eigenvalue weighted by Gasteiger charge is 2.10. The van der Waals surface area contributed by atoms with Crippen molar-refractivity contribution in [3.05, 3.63) is 28.8 Å². The van der Waals surface area contributed by atoms with Crippen LogP contribution >= 0.6 is 27.5 Å². The van der Waals surface area contributed by atoms with Gasteiger partial charge in [0.25, 0.3) is 0 Å². The van der Waals surface area contributed by atoms with Crippen molar-refractivity contribution in [3.8, 4) is 0 Å². The first-order chi connectivity index (χ1) is 7.70. The zero-order valence-corrected chi connectivity index (χ0v) is 12.3. The molecule has 1 aromatic rings. The van der Waals surface area contributed by atoms with Gasteiger partial charge in [-0.1, -0.05) is 59.4 Å². The molecule has 0 fully saturated rings. The van der Waals surface area contributed by atoms with E-state index in [-0.39, 0.29) is 0 Å². The maximum atomic E-state index is 6.25. The molecule has 0 bridgehead atoms. The Morgan fingerprint density at radius 1 is 1.31 bits per heavy atom. The van der Waals surface area contributed by atoms with E-state index in [1.165, 1.54) is 24.8 Å². The van der Waals surface area contributed by atoms with Gasteiger partial charge in [-0.05, 0) is 18.1 Å². The van der Waals surface area contributed by atoms with E-state index in [4.69, 9.17) is 11.6 Å². The Labute approximate surface area is 112 Å². The maximum Gasteiger partial charge on any atom is 0.0642 e. The lowest BCUT2D eigenvalue weighted by Gasteiger charge is -2.23. The summed E-state index contributed by atoms with van der Waals surface area (Å²) in [4.78, 5) is 2.26. The Morgan fingerprint density at radius 2 is 2.06 bits per heavy atom. The molecule has 0 spiro atoms. The molecular weight excluding hydrogens is 286 g/mol. The van der Waals surface area contributed by atoms with Crippen LogP contribution < -0.4 is 4.90 Å². The average Bonchev–Trinajstić information content (AvgIpc) is 2.28. The van der Waals surface area contributed by atoms with Crippen molar-refractivity contribution < 1.29 is 0 Å². The summed E-state index contributed by atoms with van der Waals surface area (Å²) >= 11 is 9.76. The van der Waals surface area contributed by atoms with E-state index in [1.54, 1.807) is 0 Å². The van der Waals surface area contributed by atoms with Gasteiger partial charge in [0, 0.05) is 18.9 Å². The number of hydrogen-bond acceptors (Lipinski definition) is 1. The first-order valence-corrected chi connectivity index (χ1v) is 7.25. The second-order valence-corrected chi connectivity index (χ2v) is 4.98. The van der Waals surface area contributed by atoms with Crippen molar-refractivity contribution >= 4 is 33.2 Å². The molecule has 1 rings (SSSR count). The highest BCUT2D eigenvalue weighted by Crippen LogP contribution is 2.30. The molecule has 0 saturated heterocycles. The summed E-state index contributed by atoms with van der Waals surface area (Å²) in [7, 11) is 2.11. The first kappa shape index (κ1) is 13.9. The van der Waals surface area contributed by atoms with Crippen LogP contribution in [0.2, 0.25) is 5.02 Å². The second kappa shape index (κ2) is 7.18. The van der Waals surface area contributed by atoms with E-state index < -0.39 is 0 Å². The minimum Gasteiger partial charge on any atom is -0.373 e. The molecule has 90 valence electrons. The number of halogens is 2. The van der Waals surface area contributed by atoms with Gasteiger partial charge in [0.05, 0.1) is 10.7 Å². The minimum absolute atomic E-state index is 0.843. The summed E-state index contributed by atoms with van der Waals surface area (Å²) in [5, 5.41) is 1.69. The lowest BCUT2D eigenvalue weighted by Crippen LogP contribution is -2.20. The molecule has 0 aliphatic carbocycles. The molecular formula is C13H19BrClN. The molecule has 0 N–H and O–H groups in total. The fourth-order valence-electron chi connectivity index (χ4n) is 1.81. The number of hydrogen-bond donors (Lipinski definition) is 0. The van der Waals surface area contributed by atoms with Crippen LogP contribution in [0.5, 0.6) is 0 Å². The predicted octanol–water partition coefficient (Wildman–Crippen LogP) is 4.86. The minimum atomic E-state index is 0.843. The number of para-hydroxylation sites is 1. The second-order valence-electron chi connectivity index (χ2n) is 4.01. The van der Waals surface area contributed by atoms with Crippen molar-refractivity contribution in [2.24, 2.45) is 0 Å².